The Kier molecular flexibility index (Phi) is 5.72. The zero-order valence-electron chi connectivity index (χ0n) is 16.4. The zero-order chi connectivity index (χ0) is 21.1. The molecule has 0 atom stereocenters. The lowest BCUT2D eigenvalue weighted by molar-refractivity contribution is -0.137. The second-order valence-corrected chi connectivity index (χ2v) is 7.36. The number of para-hydroxylation sites is 1. The molecule has 2 aromatic heterocycles. The maximum absolute atomic E-state index is 10.8. The molecule has 0 spiro atoms. The van der Waals surface area contributed by atoms with E-state index in [1.165, 1.54) is 0 Å². The van der Waals surface area contributed by atoms with E-state index in [0.717, 1.165) is 27.5 Å². The van der Waals surface area contributed by atoms with Crippen LogP contribution in [0, 0.1) is 0 Å². The Hall–Kier alpha value is -3.32. The molecule has 4 rings (SSSR count). The van der Waals surface area contributed by atoms with E-state index in [-0.39, 0.29) is 6.42 Å². The number of H-pyrrole nitrogens is 1. The van der Waals surface area contributed by atoms with Crippen molar-refractivity contribution in [2.24, 2.45) is 0 Å². The predicted molar refractivity (Wildman–Crippen MR) is 117 cm³/mol. The summed E-state index contributed by atoms with van der Waals surface area (Å²) in [4.78, 5) is 23.5. The quantitative estimate of drug-likeness (QED) is 0.376. The van der Waals surface area contributed by atoms with Crippen LogP contribution in [0.2, 0.25) is 5.02 Å². The molecule has 0 bridgehead atoms. The molecule has 0 aliphatic heterocycles. The molecule has 0 aliphatic rings. The summed E-state index contributed by atoms with van der Waals surface area (Å²) in [7, 11) is 1.58. The van der Waals surface area contributed by atoms with Gasteiger partial charge in [0.2, 0.25) is 0 Å². The summed E-state index contributed by atoms with van der Waals surface area (Å²) < 4.78 is 5.21. The Balaban J connectivity index is 1.68. The molecule has 2 heterocycles. The van der Waals surface area contributed by atoms with Crippen molar-refractivity contribution in [1.82, 2.24) is 15.0 Å². The van der Waals surface area contributed by atoms with E-state index in [1.54, 1.807) is 7.11 Å². The fourth-order valence-electron chi connectivity index (χ4n) is 3.43. The van der Waals surface area contributed by atoms with E-state index in [1.807, 2.05) is 42.5 Å². The number of carbonyl (C=O) groups is 1. The summed E-state index contributed by atoms with van der Waals surface area (Å²) in [5, 5.41) is 14.8. The summed E-state index contributed by atoms with van der Waals surface area (Å²) in [5.41, 5.74) is 2.69. The number of fused-ring (bicyclic) bond motifs is 3. The highest BCUT2D eigenvalue weighted by atomic mass is 35.5. The van der Waals surface area contributed by atoms with Gasteiger partial charge < -0.3 is 20.1 Å². The lowest BCUT2D eigenvalue weighted by atomic mass is 10.1. The second kappa shape index (κ2) is 8.59. The molecule has 0 radical (unpaired) electrons. The lowest BCUT2D eigenvalue weighted by Gasteiger charge is -2.11. The third-order valence-corrected chi connectivity index (χ3v) is 5.17. The number of ether oxygens (including phenoxy) is 1. The second-order valence-electron chi connectivity index (χ2n) is 6.95. The Morgan fingerprint density at radius 2 is 2.07 bits per heavy atom. The highest BCUT2D eigenvalue weighted by molar-refractivity contribution is 6.32. The summed E-state index contributed by atoms with van der Waals surface area (Å²) in [6.45, 7) is 0.518. The molecule has 0 aliphatic carbocycles. The minimum Gasteiger partial charge on any atom is -0.495 e. The van der Waals surface area contributed by atoms with Gasteiger partial charge in [-0.15, -0.1) is 0 Å². The van der Waals surface area contributed by atoms with E-state index in [9.17, 15) is 4.79 Å². The average Bonchev–Trinajstić information content (AvgIpc) is 3.10. The molecular weight excluding hydrogens is 404 g/mol. The van der Waals surface area contributed by atoms with Crippen LogP contribution in [0.5, 0.6) is 5.75 Å². The van der Waals surface area contributed by atoms with Gasteiger partial charge in [-0.1, -0.05) is 35.9 Å². The number of rotatable bonds is 8. The van der Waals surface area contributed by atoms with Crippen LogP contribution in [0.4, 0.5) is 5.82 Å². The number of aryl methyl sites for hydroxylation is 1. The molecular formula is C22H21ClN4O3. The number of aromatic nitrogens is 3. The number of hydrogen-bond acceptors (Lipinski definition) is 5. The van der Waals surface area contributed by atoms with Crippen LogP contribution in [0.25, 0.3) is 21.9 Å². The minimum atomic E-state index is -0.823. The summed E-state index contributed by atoms with van der Waals surface area (Å²) in [6.07, 6.45) is 1.05. The molecule has 0 amide bonds. The molecule has 154 valence electrons. The maximum atomic E-state index is 10.8. The van der Waals surface area contributed by atoms with Gasteiger partial charge in [-0.05, 0) is 30.2 Å². The smallest absolute Gasteiger partial charge is 0.303 e. The van der Waals surface area contributed by atoms with Gasteiger partial charge in [-0.2, -0.15) is 0 Å². The monoisotopic (exact) mass is 424 g/mol. The lowest BCUT2D eigenvalue weighted by Crippen LogP contribution is -2.06. The minimum absolute atomic E-state index is 0.0845. The van der Waals surface area contributed by atoms with E-state index in [0.29, 0.717) is 41.8 Å². The molecule has 2 aromatic carbocycles. The first-order valence-corrected chi connectivity index (χ1v) is 9.98. The van der Waals surface area contributed by atoms with Crippen LogP contribution in [0.1, 0.15) is 24.2 Å². The number of methoxy groups -OCH3 is 1. The van der Waals surface area contributed by atoms with Crippen LogP contribution in [0.3, 0.4) is 0 Å². The van der Waals surface area contributed by atoms with E-state index >= 15 is 0 Å². The van der Waals surface area contributed by atoms with Crippen molar-refractivity contribution in [3.05, 3.63) is 58.9 Å². The molecule has 4 aromatic rings. The van der Waals surface area contributed by atoms with Crippen molar-refractivity contribution in [2.75, 3.05) is 12.4 Å². The Morgan fingerprint density at radius 1 is 1.23 bits per heavy atom. The topological polar surface area (TPSA) is 100 Å². The normalized spacial score (nSPS) is 11.1. The molecule has 3 N–H and O–H groups in total. The largest absolute Gasteiger partial charge is 0.495 e. The van der Waals surface area contributed by atoms with Crippen LogP contribution in [-0.2, 0) is 17.8 Å². The van der Waals surface area contributed by atoms with Gasteiger partial charge >= 0.3 is 5.97 Å². The number of halogens is 1. The summed E-state index contributed by atoms with van der Waals surface area (Å²) in [5.74, 6) is 1.11. The SMILES string of the molecule is COc1ccc(CNc2nc(CCCC(=O)O)nc3[nH]c4ccccc4c23)cc1Cl. The fourth-order valence-corrected chi connectivity index (χ4v) is 3.71. The number of aliphatic carboxylic acids is 1. The highest BCUT2D eigenvalue weighted by Crippen LogP contribution is 2.31. The van der Waals surface area contributed by atoms with Crippen LogP contribution >= 0.6 is 11.6 Å². The van der Waals surface area contributed by atoms with E-state index < -0.39 is 5.97 Å². The van der Waals surface area contributed by atoms with Crippen molar-refractivity contribution >= 4 is 45.3 Å². The number of carboxylic acids is 1. The van der Waals surface area contributed by atoms with Crippen molar-refractivity contribution in [1.29, 1.82) is 0 Å². The molecule has 0 saturated heterocycles. The number of nitrogens with zero attached hydrogens (tertiary/aromatic N) is 2. The fraction of sp³-hybridized carbons (Fsp3) is 0.227. The first-order valence-electron chi connectivity index (χ1n) is 9.60. The van der Waals surface area contributed by atoms with Gasteiger partial charge in [0, 0.05) is 30.3 Å². The van der Waals surface area contributed by atoms with Crippen LogP contribution in [-0.4, -0.2) is 33.1 Å². The standard InChI is InChI=1S/C22H21ClN4O3/c1-30-17-10-9-13(11-15(17)23)12-24-21-20-14-5-2-3-6-16(14)25-22(20)27-18(26-21)7-4-8-19(28)29/h2-3,5-6,9-11H,4,7-8,12H2,1H3,(H,28,29)(H2,24,25,26,27). The molecule has 0 fully saturated rings. The van der Waals surface area contributed by atoms with Crippen molar-refractivity contribution in [3.63, 3.8) is 0 Å². The van der Waals surface area contributed by atoms with Crippen molar-refractivity contribution < 1.29 is 14.6 Å². The number of hydrogen-bond donors (Lipinski definition) is 3. The number of benzene rings is 2. The van der Waals surface area contributed by atoms with Gasteiger partial charge in [-0.3, -0.25) is 4.79 Å². The van der Waals surface area contributed by atoms with Gasteiger partial charge in [0.1, 0.15) is 23.0 Å². The van der Waals surface area contributed by atoms with Gasteiger partial charge in [0.15, 0.2) is 0 Å². The predicted octanol–water partition coefficient (Wildman–Crippen LogP) is 4.79. The van der Waals surface area contributed by atoms with E-state index in [4.69, 9.17) is 26.4 Å². The van der Waals surface area contributed by atoms with Crippen LogP contribution < -0.4 is 10.1 Å². The van der Waals surface area contributed by atoms with Crippen LogP contribution in [0.15, 0.2) is 42.5 Å². The zero-order valence-corrected chi connectivity index (χ0v) is 17.2. The van der Waals surface area contributed by atoms with E-state index in [2.05, 4.69) is 15.3 Å². The third-order valence-electron chi connectivity index (χ3n) is 4.87. The number of nitrogens with one attached hydrogen (secondary N) is 2. The van der Waals surface area contributed by atoms with Gasteiger partial charge in [0.25, 0.3) is 0 Å². The summed E-state index contributed by atoms with van der Waals surface area (Å²) >= 11 is 6.24. The first-order chi connectivity index (χ1) is 14.5. The molecule has 0 saturated carbocycles. The first kappa shape index (κ1) is 20.0. The Bertz CT molecular complexity index is 1220. The van der Waals surface area contributed by atoms with Gasteiger partial charge in [-0.25, -0.2) is 9.97 Å². The molecule has 0 unspecified atom stereocenters. The number of aromatic amines is 1. The molecule has 8 heteroatoms. The van der Waals surface area contributed by atoms with Crippen molar-refractivity contribution in [2.45, 2.75) is 25.8 Å². The van der Waals surface area contributed by atoms with Crippen molar-refractivity contribution in [3.8, 4) is 5.75 Å². The highest BCUT2D eigenvalue weighted by Gasteiger charge is 2.14. The summed E-state index contributed by atoms with van der Waals surface area (Å²) in [6, 6.07) is 13.6. The maximum Gasteiger partial charge on any atom is 0.303 e. The Morgan fingerprint density at radius 3 is 2.83 bits per heavy atom. The Labute approximate surface area is 178 Å². The van der Waals surface area contributed by atoms with Gasteiger partial charge in [0.05, 0.1) is 17.5 Å². The average molecular weight is 425 g/mol. The third kappa shape index (κ3) is 4.16. The number of carboxylic acid groups (broad SMARTS) is 1. The molecule has 30 heavy (non-hydrogen) atoms. The number of anilines is 1. The molecule has 7 nitrogen and oxygen atoms in total.